The maximum Gasteiger partial charge on any atom is 0.119 e. The summed E-state index contributed by atoms with van der Waals surface area (Å²) in [7, 11) is 1.72. The molecule has 1 aromatic rings. The zero-order valence-corrected chi connectivity index (χ0v) is 12.1. The lowest BCUT2D eigenvalue weighted by Crippen LogP contribution is -2.37. The SMILES string of the molecule is CCCNCC1(Cc2cccc(OC)c2)CCOC1. The van der Waals surface area contributed by atoms with E-state index in [1.54, 1.807) is 7.11 Å². The van der Waals surface area contributed by atoms with Gasteiger partial charge in [-0.3, -0.25) is 0 Å². The van der Waals surface area contributed by atoms with Crippen LogP contribution in [0.3, 0.4) is 0 Å². The summed E-state index contributed by atoms with van der Waals surface area (Å²) in [5, 5.41) is 3.56. The summed E-state index contributed by atoms with van der Waals surface area (Å²) >= 11 is 0. The minimum atomic E-state index is 0.252. The van der Waals surface area contributed by atoms with Crippen LogP contribution in [0.1, 0.15) is 25.3 Å². The fourth-order valence-corrected chi connectivity index (χ4v) is 2.74. The highest BCUT2D eigenvalue weighted by atomic mass is 16.5. The molecule has 0 saturated carbocycles. The lowest BCUT2D eigenvalue weighted by molar-refractivity contribution is 0.149. The zero-order chi connectivity index (χ0) is 13.6. The molecule has 0 amide bonds. The number of methoxy groups -OCH3 is 1. The minimum Gasteiger partial charge on any atom is -0.497 e. The first-order valence-corrected chi connectivity index (χ1v) is 7.19. The Hall–Kier alpha value is -1.06. The van der Waals surface area contributed by atoms with E-state index in [-0.39, 0.29) is 5.41 Å². The van der Waals surface area contributed by atoms with Gasteiger partial charge in [-0.25, -0.2) is 0 Å². The van der Waals surface area contributed by atoms with E-state index in [4.69, 9.17) is 9.47 Å². The van der Waals surface area contributed by atoms with E-state index in [0.717, 1.165) is 44.9 Å². The zero-order valence-electron chi connectivity index (χ0n) is 12.1. The molecule has 3 heteroatoms. The van der Waals surface area contributed by atoms with Crippen LogP contribution in [0.25, 0.3) is 0 Å². The fraction of sp³-hybridized carbons (Fsp3) is 0.625. The lowest BCUT2D eigenvalue weighted by Gasteiger charge is -2.28. The molecule has 0 radical (unpaired) electrons. The molecule has 1 aliphatic rings. The first-order valence-electron chi connectivity index (χ1n) is 7.19. The van der Waals surface area contributed by atoms with Crippen LogP contribution in [0.4, 0.5) is 0 Å². The smallest absolute Gasteiger partial charge is 0.119 e. The van der Waals surface area contributed by atoms with Crippen LogP contribution in [0, 0.1) is 5.41 Å². The summed E-state index contributed by atoms with van der Waals surface area (Å²) in [5.41, 5.74) is 1.59. The van der Waals surface area contributed by atoms with Crippen LogP contribution in [-0.2, 0) is 11.2 Å². The Kier molecular flexibility index (Phi) is 5.23. The predicted molar refractivity (Wildman–Crippen MR) is 77.7 cm³/mol. The third kappa shape index (κ3) is 3.95. The van der Waals surface area contributed by atoms with Gasteiger partial charge in [0.2, 0.25) is 0 Å². The Labute approximate surface area is 116 Å². The van der Waals surface area contributed by atoms with Crippen molar-refractivity contribution in [3.63, 3.8) is 0 Å². The highest BCUT2D eigenvalue weighted by Crippen LogP contribution is 2.32. The van der Waals surface area contributed by atoms with Gasteiger partial charge in [-0.1, -0.05) is 19.1 Å². The second-order valence-electron chi connectivity index (χ2n) is 5.51. The van der Waals surface area contributed by atoms with Gasteiger partial charge < -0.3 is 14.8 Å². The molecule has 0 aliphatic carbocycles. The van der Waals surface area contributed by atoms with Gasteiger partial charge >= 0.3 is 0 Å². The van der Waals surface area contributed by atoms with Gasteiger partial charge in [-0.15, -0.1) is 0 Å². The lowest BCUT2D eigenvalue weighted by atomic mass is 9.81. The molecule has 0 bridgehead atoms. The third-order valence-corrected chi connectivity index (χ3v) is 3.83. The van der Waals surface area contributed by atoms with Gasteiger partial charge in [0, 0.05) is 18.6 Å². The van der Waals surface area contributed by atoms with Crippen molar-refractivity contribution < 1.29 is 9.47 Å². The molecule has 0 spiro atoms. The molecular formula is C16H25NO2. The number of hydrogen-bond acceptors (Lipinski definition) is 3. The van der Waals surface area contributed by atoms with Gasteiger partial charge in [-0.05, 0) is 43.5 Å². The highest BCUT2D eigenvalue weighted by Gasteiger charge is 2.34. The monoisotopic (exact) mass is 263 g/mol. The molecule has 0 aromatic heterocycles. The number of rotatable bonds is 7. The number of ether oxygens (including phenoxy) is 2. The van der Waals surface area contributed by atoms with Gasteiger partial charge in [0.1, 0.15) is 5.75 Å². The summed E-state index contributed by atoms with van der Waals surface area (Å²) < 4.78 is 11.0. The maximum absolute atomic E-state index is 5.65. The normalized spacial score (nSPS) is 22.6. The molecule has 3 nitrogen and oxygen atoms in total. The molecule has 106 valence electrons. The van der Waals surface area contributed by atoms with Crippen molar-refractivity contribution in [1.82, 2.24) is 5.32 Å². The second-order valence-corrected chi connectivity index (χ2v) is 5.51. The molecule has 1 fully saturated rings. The van der Waals surface area contributed by atoms with Crippen LogP contribution in [0.15, 0.2) is 24.3 Å². The molecule has 1 aliphatic heterocycles. The van der Waals surface area contributed by atoms with E-state index in [2.05, 4.69) is 30.4 Å². The van der Waals surface area contributed by atoms with E-state index in [9.17, 15) is 0 Å². The van der Waals surface area contributed by atoms with E-state index >= 15 is 0 Å². The van der Waals surface area contributed by atoms with Crippen molar-refractivity contribution in [2.45, 2.75) is 26.2 Å². The van der Waals surface area contributed by atoms with Crippen molar-refractivity contribution in [3.8, 4) is 5.75 Å². The Morgan fingerprint density at radius 3 is 3.00 bits per heavy atom. The predicted octanol–water partition coefficient (Wildman–Crippen LogP) is 2.64. The fourth-order valence-electron chi connectivity index (χ4n) is 2.74. The maximum atomic E-state index is 5.65. The first kappa shape index (κ1) is 14.4. The first-order chi connectivity index (χ1) is 9.28. The topological polar surface area (TPSA) is 30.5 Å². The minimum absolute atomic E-state index is 0.252. The molecular weight excluding hydrogens is 238 g/mol. The number of hydrogen-bond donors (Lipinski definition) is 1. The standard InChI is InChI=1S/C16H25NO2/c1-3-8-17-12-16(7-9-19-13-16)11-14-5-4-6-15(10-14)18-2/h4-6,10,17H,3,7-9,11-13H2,1-2H3. The summed E-state index contributed by atoms with van der Waals surface area (Å²) in [5.74, 6) is 0.938. The van der Waals surface area contributed by atoms with Crippen molar-refractivity contribution in [1.29, 1.82) is 0 Å². The summed E-state index contributed by atoms with van der Waals surface area (Å²) in [6, 6.07) is 8.39. The van der Waals surface area contributed by atoms with Crippen LogP contribution in [0.5, 0.6) is 5.75 Å². The molecule has 1 unspecified atom stereocenters. The van der Waals surface area contributed by atoms with Crippen LogP contribution in [0.2, 0.25) is 0 Å². The number of benzene rings is 1. The highest BCUT2D eigenvalue weighted by molar-refractivity contribution is 5.29. The van der Waals surface area contributed by atoms with Crippen molar-refractivity contribution >= 4 is 0 Å². The molecule has 1 atom stereocenters. The molecule has 1 N–H and O–H groups in total. The van der Waals surface area contributed by atoms with Crippen molar-refractivity contribution in [2.24, 2.45) is 5.41 Å². The molecule has 1 saturated heterocycles. The van der Waals surface area contributed by atoms with Crippen LogP contribution in [-0.4, -0.2) is 33.4 Å². The molecule has 19 heavy (non-hydrogen) atoms. The molecule has 2 rings (SSSR count). The Bertz CT molecular complexity index is 386. The average molecular weight is 263 g/mol. The second kappa shape index (κ2) is 6.92. The summed E-state index contributed by atoms with van der Waals surface area (Å²) in [4.78, 5) is 0. The van der Waals surface area contributed by atoms with E-state index in [1.165, 1.54) is 12.0 Å². The Balaban J connectivity index is 2.02. The van der Waals surface area contributed by atoms with Gasteiger partial charge in [0.25, 0.3) is 0 Å². The van der Waals surface area contributed by atoms with Crippen LogP contribution < -0.4 is 10.1 Å². The van der Waals surface area contributed by atoms with E-state index in [1.807, 2.05) is 6.07 Å². The van der Waals surface area contributed by atoms with E-state index in [0.29, 0.717) is 0 Å². The Morgan fingerprint density at radius 1 is 1.42 bits per heavy atom. The molecule has 1 heterocycles. The average Bonchev–Trinajstić information content (AvgIpc) is 2.88. The number of nitrogens with one attached hydrogen (secondary N) is 1. The van der Waals surface area contributed by atoms with Gasteiger partial charge in [0.15, 0.2) is 0 Å². The van der Waals surface area contributed by atoms with Crippen molar-refractivity contribution in [3.05, 3.63) is 29.8 Å². The van der Waals surface area contributed by atoms with Gasteiger partial charge in [0.05, 0.1) is 13.7 Å². The van der Waals surface area contributed by atoms with Gasteiger partial charge in [-0.2, -0.15) is 0 Å². The largest absolute Gasteiger partial charge is 0.497 e. The van der Waals surface area contributed by atoms with Crippen molar-refractivity contribution in [2.75, 3.05) is 33.4 Å². The summed E-state index contributed by atoms with van der Waals surface area (Å²) in [6.07, 6.45) is 3.37. The Morgan fingerprint density at radius 2 is 2.32 bits per heavy atom. The van der Waals surface area contributed by atoms with Crippen LogP contribution >= 0.6 is 0 Å². The quantitative estimate of drug-likeness (QED) is 0.767. The molecule has 1 aromatic carbocycles. The van der Waals surface area contributed by atoms with E-state index < -0.39 is 0 Å². The third-order valence-electron chi connectivity index (χ3n) is 3.83. The summed E-state index contributed by atoms with van der Waals surface area (Å²) in [6.45, 7) is 6.07.